The molecule has 3 aliphatic heterocycles. The number of hydrogen-bond acceptors (Lipinski definition) is 7. The molecule has 7 rings (SSSR count). The van der Waals surface area contributed by atoms with Gasteiger partial charge in [0.25, 0.3) is 0 Å². The smallest absolute Gasteiger partial charge is 0.229 e. The molecular formula is C22H24N8O. The highest BCUT2D eigenvalue weighted by Gasteiger charge is 2.34. The molecule has 31 heavy (non-hydrogen) atoms. The summed E-state index contributed by atoms with van der Waals surface area (Å²) < 4.78 is 9.53. The van der Waals surface area contributed by atoms with E-state index in [0.29, 0.717) is 24.6 Å². The number of aryl methyl sites for hydroxylation is 1. The van der Waals surface area contributed by atoms with E-state index in [-0.39, 0.29) is 0 Å². The Hall–Kier alpha value is -3.46. The third-order valence-electron chi connectivity index (χ3n) is 6.10. The molecule has 0 saturated carbocycles. The molecule has 3 saturated heterocycles. The first-order valence-corrected chi connectivity index (χ1v) is 10.6. The van der Waals surface area contributed by atoms with E-state index in [1.165, 1.54) is 24.1 Å². The zero-order chi connectivity index (χ0) is 20.8. The Kier molecular flexibility index (Phi) is 4.34. The Morgan fingerprint density at radius 3 is 2.90 bits per heavy atom. The summed E-state index contributed by atoms with van der Waals surface area (Å²) in [5, 5.41) is 12.8. The highest BCUT2D eigenvalue weighted by Crippen LogP contribution is 2.31. The molecule has 3 aliphatic rings. The van der Waals surface area contributed by atoms with Crippen molar-refractivity contribution in [2.45, 2.75) is 31.5 Å². The number of hydrogen-bond donors (Lipinski definition) is 1. The average molecular weight is 416 g/mol. The van der Waals surface area contributed by atoms with Gasteiger partial charge in [0, 0.05) is 31.7 Å². The summed E-state index contributed by atoms with van der Waals surface area (Å²) in [7, 11) is 1.88. The van der Waals surface area contributed by atoms with Gasteiger partial charge in [-0.05, 0) is 30.5 Å². The zero-order valence-corrected chi connectivity index (χ0v) is 17.3. The third-order valence-corrected chi connectivity index (χ3v) is 6.10. The van der Waals surface area contributed by atoms with Crippen molar-refractivity contribution >= 4 is 28.4 Å². The van der Waals surface area contributed by atoms with Crippen molar-refractivity contribution in [1.82, 2.24) is 29.5 Å². The van der Waals surface area contributed by atoms with Gasteiger partial charge in [-0.25, -0.2) is 9.67 Å². The van der Waals surface area contributed by atoms with E-state index < -0.39 is 0 Å². The van der Waals surface area contributed by atoms with Crippen molar-refractivity contribution in [3.63, 3.8) is 0 Å². The lowest BCUT2D eigenvalue weighted by molar-refractivity contribution is -0.0225. The molecule has 158 valence electrons. The molecular weight excluding hydrogens is 392 g/mol. The van der Waals surface area contributed by atoms with E-state index in [0.717, 1.165) is 29.9 Å². The number of rotatable bonds is 5. The summed E-state index contributed by atoms with van der Waals surface area (Å²) in [4.78, 5) is 11.6. The van der Waals surface area contributed by atoms with Crippen LogP contribution >= 0.6 is 0 Å². The number of morpholine rings is 1. The van der Waals surface area contributed by atoms with E-state index in [4.69, 9.17) is 9.72 Å². The van der Waals surface area contributed by atoms with Crippen molar-refractivity contribution in [3.8, 4) is 0 Å². The first-order valence-electron chi connectivity index (χ1n) is 10.6. The number of ether oxygens (including phenoxy) is 1. The number of nitrogens with one attached hydrogen (secondary N) is 1. The summed E-state index contributed by atoms with van der Waals surface area (Å²) in [6.07, 6.45) is 9.99. The Balaban J connectivity index is 1.26. The third kappa shape index (κ3) is 3.50. The van der Waals surface area contributed by atoms with Gasteiger partial charge in [-0.3, -0.25) is 4.68 Å². The van der Waals surface area contributed by atoms with E-state index in [2.05, 4.69) is 49.7 Å². The van der Waals surface area contributed by atoms with Crippen LogP contribution in [0.2, 0.25) is 0 Å². The second-order valence-corrected chi connectivity index (χ2v) is 8.31. The molecule has 0 aliphatic carbocycles. The maximum atomic E-state index is 5.87. The molecule has 2 atom stereocenters. The zero-order valence-electron chi connectivity index (χ0n) is 17.3. The van der Waals surface area contributed by atoms with Crippen molar-refractivity contribution < 1.29 is 4.74 Å². The molecule has 4 aromatic rings. The predicted molar refractivity (Wildman–Crippen MR) is 117 cm³/mol. The van der Waals surface area contributed by atoms with Crippen LogP contribution < -0.4 is 10.2 Å². The van der Waals surface area contributed by atoms with Crippen molar-refractivity contribution in [3.05, 3.63) is 54.6 Å². The van der Waals surface area contributed by atoms with Crippen LogP contribution in [-0.2, 0) is 18.3 Å². The van der Waals surface area contributed by atoms with Gasteiger partial charge in [0.1, 0.15) is 0 Å². The van der Waals surface area contributed by atoms with Gasteiger partial charge in [0.15, 0.2) is 5.65 Å². The summed E-state index contributed by atoms with van der Waals surface area (Å²) >= 11 is 0. The molecule has 9 heteroatoms. The van der Waals surface area contributed by atoms with Crippen molar-refractivity contribution in [1.29, 1.82) is 0 Å². The van der Waals surface area contributed by atoms with Crippen LogP contribution in [0.5, 0.6) is 0 Å². The Morgan fingerprint density at radius 1 is 1.16 bits per heavy atom. The Bertz CT molecular complexity index is 1220. The molecule has 9 nitrogen and oxygen atoms in total. The average Bonchev–Trinajstić information content (AvgIpc) is 3.40. The van der Waals surface area contributed by atoms with E-state index in [1.54, 1.807) is 17.1 Å². The van der Waals surface area contributed by atoms with Gasteiger partial charge < -0.3 is 15.0 Å². The monoisotopic (exact) mass is 416 g/mol. The fourth-order valence-electron chi connectivity index (χ4n) is 4.53. The lowest BCUT2D eigenvalue weighted by Gasteiger charge is -2.46. The van der Waals surface area contributed by atoms with Crippen molar-refractivity contribution in [2.75, 3.05) is 23.4 Å². The van der Waals surface area contributed by atoms with Crippen LogP contribution in [-0.4, -0.2) is 54.8 Å². The molecule has 0 spiro atoms. The molecule has 1 N–H and O–H groups in total. The molecule has 2 unspecified atom stereocenters. The maximum absolute atomic E-state index is 5.87. The van der Waals surface area contributed by atoms with Gasteiger partial charge in [-0.15, -0.1) is 0 Å². The van der Waals surface area contributed by atoms with Crippen LogP contribution in [0.15, 0.2) is 49.1 Å². The Labute approximate surface area is 179 Å². The van der Waals surface area contributed by atoms with Gasteiger partial charge in [0.2, 0.25) is 5.95 Å². The number of nitrogens with zero attached hydrogens (tertiary/aromatic N) is 7. The van der Waals surface area contributed by atoms with Gasteiger partial charge in [0.05, 0.1) is 48.8 Å². The SMILES string of the molecule is Cn1cc(Nc2ncc3cnn(Cc4cccc(N5CC6CCC5CO6)c4)c3n2)cn1. The van der Waals surface area contributed by atoms with Crippen LogP contribution in [0, 0.1) is 0 Å². The first kappa shape index (κ1) is 18.3. The van der Waals surface area contributed by atoms with Gasteiger partial charge in [-0.2, -0.15) is 15.2 Å². The fraction of sp³-hybridized carbons (Fsp3) is 0.364. The minimum Gasteiger partial charge on any atom is -0.374 e. The van der Waals surface area contributed by atoms with E-state index in [1.807, 2.05) is 24.1 Å². The molecule has 0 amide bonds. The van der Waals surface area contributed by atoms with Crippen LogP contribution in [0.3, 0.4) is 0 Å². The second-order valence-electron chi connectivity index (χ2n) is 8.31. The number of fused-ring (bicyclic) bond motifs is 4. The molecule has 0 radical (unpaired) electrons. The standard InChI is InChI=1S/C22H24N8O/c1-28-12-17(10-24-28)26-22-23-8-16-9-25-30(21(16)27-22)11-15-3-2-4-18(7-15)29-13-20-6-5-19(29)14-31-20/h2-4,7-10,12,19-20H,5-6,11,13-14H2,1H3,(H,23,26,27). The minimum absolute atomic E-state index is 0.367. The summed E-state index contributed by atoms with van der Waals surface area (Å²) in [5.41, 5.74) is 4.11. The number of anilines is 3. The molecule has 1 aromatic carbocycles. The second kappa shape index (κ2) is 7.35. The number of benzene rings is 1. The normalized spacial score (nSPS) is 20.5. The lowest BCUT2D eigenvalue weighted by Crippen LogP contribution is -2.54. The number of piperidine rings is 1. The lowest BCUT2D eigenvalue weighted by atomic mass is 9.96. The van der Waals surface area contributed by atoms with Crippen LogP contribution in [0.4, 0.5) is 17.3 Å². The van der Waals surface area contributed by atoms with Crippen LogP contribution in [0.25, 0.3) is 11.0 Å². The molecule has 3 fully saturated rings. The molecule has 2 bridgehead atoms. The predicted octanol–water partition coefficient (Wildman–Crippen LogP) is 2.72. The first-order chi connectivity index (χ1) is 15.2. The van der Waals surface area contributed by atoms with Gasteiger partial charge in [-0.1, -0.05) is 12.1 Å². The summed E-state index contributed by atoms with van der Waals surface area (Å²) in [6, 6.07) is 9.23. The van der Waals surface area contributed by atoms with Gasteiger partial charge >= 0.3 is 0 Å². The van der Waals surface area contributed by atoms with E-state index >= 15 is 0 Å². The highest BCUT2D eigenvalue weighted by molar-refractivity contribution is 5.75. The summed E-state index contributed by atoms with van der Waals surface area (Å²) in [5.74, 6) is 0.528. The topological polar surface area (TPSA) is 85.9 Å². The number of aromatic nitrogens is 6. The van der Waals surface area contributed by atoms with Crippen LogP contribution in [0.1, 0.15) is 18.4 Å². The molecule has 3 aromatic heterocycles. The van der Waals surface area contributed by atoms with E-state index in [9.17, 15) is 0 Å². The minimum atomic E-state index is 0.367. The maximum Gasteiger partial charge on any atom is 0.229 e. The Morgan fingerprint density at radius 2 is 2.13 bits per heavy atom. The highest BCUT2D eigenvalue weighted by atomic mass is 16.5. The molecule has 6 heterocycles. The quantitative estimate of drug-likeness (QED) is 0.535. The largest absolute Gasteiger partial charge is 0.374 e. The van der Waals surface area contributed by atoms with Crippen molar-refractivity contribution in [2.24, 2.45) is 7.05 Å². The fourth-order valence-corrected chi connectivity index (χ4v) is 4.53. The summed E-state index contributed by atoms with van der Waals surface area (Å²) in [6.45, 7) is 2.47.